The number of hydrogen-bond acceptors (Lipinski definition) is 2. The maximum atomic E-state index is 6.08. The van der Waals surface area contributed by atoms with E-state index in [4.69, 9.17) is 11.6 Å². The number of aromatic nitrogens is 2. The van der Waals surface area contributed by atoms with Crippen LogP contribution in [0, 0.1) is 6.92 Å². The molecule has 1 fully saturated rings. The zero-order valence-corrected chi connectivity index (χ0v) is 9.60. The van der Waals surface area contributed by atoms with Crippen molar-refractivity contribution in [3.8, 4) is 0 Å². The monoisotopic (exact) mass is 210 g/mol. The zero-order valence-electron chi connectivity index (χ0n) is 8.84. The van der Waals surface area contributed by atoms with Crippen LogP contribution in [0.3, 0.4) is 0 Å². The van der Waals surface area contributed by atoms with E-state index in [0.717, 1.165) is 11.4 Å². The molecule has 0 amide bonds. The van der Waals surface area contributed by atoms with E-state index in [9.17, 15) is 0 Å². The molecule has 0 spiro atoms. The fourth-order valence-electron chi connectivity index (χ4n) is 1.53. The second kappa shape index (κ2) is 3.50. The predicted molar refractivity (Wildman–Crippen MR) is 57.8 cm³/mol. The summed E-state index contributed by atoms with van der Waals surface area (Å²) in [6, 6.07) is 0. The summed E-state index contributed by atoms with van der Waals surface area (Å²) in [5.74, 6) is 1.88. The largest absolute Gasteiger partial charge is 0.237 e. The minimum atomic E-state index is 0.352. The molecule has 0 bridgehead atoms. The summed E-state index contributed by atoms with van der Waals surface area (Å²) in [5, 5.41) is 0.630. The molecule has 2 nitrogen and oxygen atoms in total. The molecule has 0 saturated heterocycles. The average Bonchev–Trinajstić information content (AvgIpc) is 2.92. The highest BCUT2D eigenvalue weighted by atomic mass is 35.5. The first-order valence-electron chi connectivity index (χ1n) is 5.13. The summed E-state index contributed by atoms with van der Waals surface area (Å²) in [4.78, 5) is 8.90. The van der Waals surface area contributed by atoms with Crippen molar-refractivity contribution in [2.24, 2.45) is 0 Å². The smallest absolute Gasteiger partial charge is 0.135 e. The van der Waals surface area contributed by atoms with Crippen LogP contribution in [-0.2, 0) is 0 Å². The fraction of sp³-hybridized carbons (Fsp3) is 0.636. The van der Waals surface area contributed by atoms with Gasteiger partial charge in [0.1, 0.15) is 11.0 Å². The van der Waals surface area contributed by atoms with Crippen LogP contribution in [0.5, 0.6) is 0 Å². The SMILES string of the molecule is Cc1c(Cl)nc(C(C)C)nc1C1CC1. The van der Waals surface area contributed by atoms with Gasteiger partial charge < -0.3 is 0 Å². The van der Waals surface area contributed by atoms with Crippen molar-refractivity contribution in [3.05, 3.63) is 22.2 Å². The van der Waals surface area contributed by atoms with Crippen molar-refractivity contribution in [2.45, 2.75) is 45.4 Å². The molecule has 1 heterocycles. The molecule has 0 atom stereocenters. The molecule has 0 radical (unpaired) electrons. The topological polar surface area (TPSA) is 25.8 Å². The predicted octanol–water partition coefficient (Wildman–Crippen LogP) is 3.44. The third-order valence-corrected chi connectivity index (χ3v) is 2.99. The van der Waals surface area contributed by atoms with Crippen LogP contribution in [0.25, 0.3) is 0 Å². The van der Waals surface area contributed by atoms with Gasteiger partial charge in [-0.05, 0) is 19.8 Å². The van der Waals surface area contributed by atoms with Gasteiger partial charge >= 0.3 is 0 Å². The van der Waals surface area contributed by atoms with Crippen LogP contribution in [0.1, 0.15) is 55.6 Å². The Morgan fingerprint density at radius 1 is 1.29 bits per heavy atom. The molecular formula is C11H15ClN2. The number of hydrogen-bond donors (Lipinski definition) is 0. The van der Waals surface area contributed by atoms with E-state index in [0.29, 0.717) is 17.0 Å². The average molecular weight is 211 g/mol. The molecule has 1 aromatic rings. The van der Waals surface area contributed by atoms with Crippen molar-refractivity contribution < 1.29 is 0 Å². The second-order valence-electron chi connectivity index (χ2n) is 4.31. The van der Waals surface area contributed by atoms with E-state index in [1.165, 1.54) is 18.5 Å². The highest BCUT2D eigenvalue weighted by Gasteiger charge is 2.28. The molecule has 3 heteroatoms. The molecule has 14 heavy (non-hydrogen) atoms. The highest BCUT2D eigenvalue weighted by molar-refractivity contribution is 6.30. The first-order valence-corrected chi connectivity index (χ1v) is 5.51. The van der Waals surface area contributed by atoms with E-state index in [2.05, 4.69) is 23.8 Å². The summed E-state index contributed by atoms with van der Waals surface area (Å²) in [6.07, 6.45) is 2.51. The second-order valence-corrected chi connectivity index (χ2v) is 4.67. The minimum Gasteiger partial charge on any atom is -0.237 e. The van der Waals surface area contributed by atoms with Gasteiger partial charge in [-0.25, -0.2) is 9.97 Å². The molecule has 0 unspecified atom stereocenters. The summed E-state index contributed by atoms with van der Waals surface area (Å²) in [6.45, 7) is 6.20. The molecule has 1 saturated carbocycles. The molecule has 0 aromatic carbocycles. The summed E-state index contributed by atoms with van der Waals surface area (Å²) < 4.78 is 0. The van der Waals surface area contributed by atoms with Crippen molar-refractivity contribution in [1.82, 2.24) is 9.97 Å². The van der Waals surface area contributed by atoms with E-state index in [1.54, 1.807) is 0 Å². The standard InChI is InChI=1S/C11H15ClN2/c1-6(2)11-13-9(8-4-5-8)7(3)10(12)14-11/h6,8H,4-5H2,1-3H3. The van der Waals surface area contributed by atoms with Crippen LogP contribution >= 0.6 is 11.6 Å². The Bertz CT molecular complexity index is 357. The maximum Gasteiger partial charge on any atom is 0.135 e. The van der Waals surface area contributed by atoms with Crippen LogP contribution in [0.2, 0.25) is 5.15 Å². The van der Waals surface area contributed by atoms with Gasteiger partial charge in [0, 0.05) is 17.4 Å². The molecule has 0 N–H and O–H groups in total. The highest BCUT2D eigenvalue weighted by Crippen LogP contribution is 2.41. The Morgan fingerprint density at radius 3 is 2.43 bits per heavy atom. The molecular weight excluding hydrogens is 196 g/mol. The van der Waals surface area contributed by atoms with Crippen LogP contribution in [0.15, 0.2) is 0 Å². The quantitative estimate of drug-likeness (QED) is 0.699. The third-order valence-electron chi connectivity index (χ3n) is 2.62. The Balaban J connectivity index is 2.46. The van der Waals surface area contributed by atoms with Gasteiger partial charge in [0.15, 0.2) is 0 Å². The van der Waals surface area contributed by atoms with E-state index < -0.39 is 0 Å². The third kappa shape index (κ3) is 1.76. The van der Waals surface area contributed by atoms with E-state index in [-0.39, 0.29) is 0 Å². The molecule has 76 valence electrons. The first kappa shape index (κ1) is 9.91. The minimum absolute atomic E-state index is 0.352. The number of nitrogens with zero attached hydrogens (tertiary/aromatic N) is 2. The van der Waals surface area contributed by atoms with Gasteiger partial charge in [0.25, 0.3) is 0 Å². The fourth-order valence-corrected chi connectivity index (χ4v) is 1.72. The first-order chi connectivity index (χ1) is 6.59. The van der Waals surface area contributed by atoms with Crippen molar-refractivity contribution in [2.75, 3.05) is 0 Å². The molecule has 0 aliphatic heterocycles. The lowest BCUT2D eigenvalue weighted by Crippen LogP contribution is -2.04. The Kier molecular flexibility index (Phi) is 2.48. The van der Waals surface area contributed by atoms with Crippen molar-refractivity contribution >= 4 is 11.6 Å². The molecule has 1 aromatic heterocycles. The van der Waals surface area contributed by atoms with Gasteiger partial charge in [-0.3, -0.25) is 0 Å². The van der Waals surface area contributed by atoms with Crippen LogP contribution < -0.4 is 0 Å². The van der Waals surface area contributed by atoms with Gasteiger partial charge in [-0.1, -0.05) is 25.4 Å². The summed E-state index contributed by atoms with van der Waals surface area (Å²) >= 11 is 6.08. The van der Waals surface area contributed by atoms with Gasteiger partial charge in [0.2, 0.25) is 0 Å². The normalized spacial score (nSPS) is 16.4. The summed E-state index contributed by atoms with van der Waals surface area (Å²) in [7, 11) is 0. The molecule has 1 aliphatic carbocycles. The number of halogens is 1. The van der Waals surface area contributed by atoms with Crippen LogP contribution in [-0.4, -0.2) is 9.97 Å². The van der Waals surface area contributed by atoms with Gasteiger partial charge in [0.05, 0.1) is 5.69 Å². The maximum absolute atomic E-state index is 6.08. The van der Waals surface area contributed by atoms with E-state index in [1.807, 2.05) is 6.92 Å². The number of rotatable bonds is 2. The lowest BCUT2D eigenvalue weighted by Gasteiger charge is -2.10. The lowest BCUT2D eigenvalue weighted by atomic mass is 10.1. The Hall–Kier alpha value is -0.630. The van der Waals surface area contributed by atoms with Crippen molar-refractivity contribution in [1.29, 1.82) is 0 Å². The Labute approximate surface area is 89.7 Å². The van der Waals surface area contributed by atoms with Gasteiger partial charge in [-0.15, -0.1) is 0 Å². The lowest BCUT2D eigenvalue weighted by molar-refractivity contribution is 0.752. The Morgan fingerprint density at radius 2 is 1.93 bits per heavy atom. The molecule has 1 aliphatic rings. The van der Waals surface area contributed by atoms with Crippen LogP contribution in [0.4, 0.5) is 0 Å². The van der Waals surface area contributed by atoms with Gasteiger partial charge in [-0.2, -0.15) is 0 Å². The summed E-state index contributed by atoms with van der Waals surface area (Å²) in [5.41, 5.74) is 2.24. The molecule has 2 rings (SSSR count). The van der Waals surface area contributed by atoms with Crippen molar-refractivity contribution in [3.63, 3.8) is 0 Å². The van der Waals surface area contributed by atoms with E-state index >= 15 is 0 Å². The zero-order chi connectivity index (χ0) is 10.3.